The molecule has 124 valence electrons. The maximum absolute atomic E-state index is 12.3. The van der Waals surface area contributed by atoms with Crippen molar-refractivity contribution in [2.75, 3.05) is 7.11 Å². The number of para-hydroxylation sites is 1. The topological polar surface area (TPSA) is 67.4 Å². The molecular formula is C18H24N2O3. The first-order valence-corrected chi connectivity index (χ1v) is 7.67. The van der Waals surface area contributed by atoms with Crippen LogP contribution in [-0.4, -0.2) is 18.9 Å². The Morgan fingerprint density at radius 1 is 1.17 bits per heavy atom. The van der Waals surface area contributed by atoms with E-state index < -0.39 is 5.91 Å². The summed E-state index contributed by atoms with van der Waals surface area (Å²) in [5.74, 6) is -0.0202. The number of amides is 2. The molecule has 5 heteroatoms. The van der Waals surface area contributed by atoms with Crippen LogP contribution in [0.1, 0.15) is 38.1 Å². The first kappa shape index (κ1) is 17.1. The number of benzene rings is 1. The summed E-state index contributed by atoms with van der Waals surface area (Å²) in [6.45, 7) is 8.16. The normalized spacial score (nSPS) is 21.1. The fraction of sp³-hybridized carbons (Fsp3) is 0.444. The van der Waals surface area contributed by atoms with Gasteiger partial charge in [0.15, 0.2) is 0 Å². The molecule has 2 atom stereocenters. The van der Waals surface area contributed by atoms with Gasteiger partial charge in [-0.05, 0) is 37.3 Å². The quantitative estimate of drug-likeness (QED) is 0.663. The van der Waals surface area contributed by atoms with Crippen LogP contribution in [0.2, 0.25) is 0 Å². The van der Waals surface area contributed by atoms with Gasteiger partial charge in [0.1, 0.15) is 5.75 Å². The lowest BCUT2D eigenvalue weighted by molar-refractivity contribution is -0.123. The van der Waals surface area contributed by atoms with Gasteiger partial charge in [0.05, 0.1) is 18.6 Å². The second-order valence-corrected chi connectivity index (χ2v) is 6.71. The predicted molar refractivity (Wildman–Crippen MR) is 88.8 cm³/mol. The molecule has 5 nitrogen and oxygen atoms in total. The summed E-state index contributed by atoms with van der Waals surface area (Å²) in [6, 6.07) is 6.87. The molecule has 1 aromatic rings. The number of nitrogens with one attached hydrogen (secondary N) is 2. The fourth-order valence-electron chi connectivity index (χ4n) is 2.94. The van der Waals surface area contributed by atoms with Crippen LogP contribution in [0.3, 0.4) is 0 Å². The molecule has 2 N–H and O–H groups in total. The van der Waals surface area contributed by atoms with E-state index in [2.05, 4.69) is 30.8 Å². The van der Waals surface area contributed by atoms with Crippen LogP contribution >= 0.6 is 0 Å². The maximum atomic E-state index is 12.3. The molecule has 0 radical (unpaired) electrons. The zero-order valence-corrected chi connectivity index (χ0v) is 14.3. The lowest BCUT2D eigenvalue weighted by Crippen LogP contribution is -2.43. The molecule has 0 spiro atoms. The van der Waals surface area contributed by atoms with E-state index in [0.717, 1.165) is 0 Å². The first-order chi connectivity index (χ1) is 10.8. The summed E-state index contributed by atoms with van der Waals surface area (Å²) in [7, 11) is 1.50. The minimum Gasteiger partial charge on any atom is -0.496 e. The van der Waals surface area contributed by atoms with Gasteiger partial charge in [-0.25, -0.2) is 0 Å². The predicted octanol–water partition coefficient (Wildman–Crippen LogP) is 2.69. The molecule has 2 unspecified atom stereocenters. The number of carbonyl (C=O) groups is 2. The average molecular weight is 316 g/mol. The summed E-state index contributed by atoms with van der Waals surface area (Å²) in [5.41, 5.74) is 6.48. The van der Waals surface area contributed by atoms with Crippen molar-refractivity contribution < 1.29 is 14.3 Å². The third-order valence-corrected chi connectivity index (χ3v) is 4.36. The van der Waals surface area contributed by atoms with Gasteiger partial charge in [0, 0.05) is 0 Å². The lowest BCUT2D eigenvalue weighted by atomic mass is 10.1. The Morgan fingerprint density at radius 3 is 2.43 bits per heavy atom. The van der Waals surface area contributed by atoms with Crippen LogP contribution < -0.4 is 15.6 Å². The number of rotatable bonds is 4. The van der Waals surface area contributed by atoms with E-state index in [9.17, 15) is 9.59 Å². The standard InChI is InChI=1S/C18H24N2O3/c1-11(2)10-13-15(18(13,3)4)17(22)20-19-16(21)12-8-6-7-9-14(12)23-5/h6-10,13,15H,1-5H3,(H,19,21)(H,20,22). The minimum atomic E-state index is -0.395. The summed E-state index contributed by atoms with van der Waals surface area (Å²) in [4.78, 5) is 24.5. The Balaban J connectivity index is 1.98. The number of ether oxygens (including phenoxy) is 1. The van der Waals surface area contributed by atoms with Gasteiger partial charge in [0.2, 0.25) is 5.91 Å². The van der Waals surface area contributed by atoms with Gasteiger partial charge in [-0.15, -0.1) is 0 Å². The van der Waals surface area contributed by atoms with E-state index in [1.54, 1.807) is 24.3 Å². The summed E-state index contributed by atoms with van der Waals surface area (Å²) < 4.78 is 5.15. The highest BCUT2D eigenvalue weighted by Crippen LogP contribution is 2.59. The van der Waals surface area contributed by atoms with E-state index in [4.69, 9.17) is 4.74 Å². The van der Waals surface area contributed by atoms with E-state index >= 15 is 0 Å². The smallest absolute Gasteiger partial charge is 0.273 e. The van der Waals surface area contributed by atoms with Gasteiger partial charge >= 0.3 is 0 Å². The lowest BCUT2D eigenvalue weighted by Gasteiger charge is -2.10. The minimum absolute atomic E-state index is 0.0868. The van der Waals surface area contributed by atoms with Crippen LogP contribution in [-0.2, 0) is 4.79 Å². The van der Waals surface area contributed by atoms with Crippen molar-refractivity contribution >= 4 is 11.8 Å². The molecule has 1 aliphatic carbocycles. The van der Waals surface area contributed by atoms with E-state index in [1.807, 2.05) is 13.8 Å². The highest BCUT2D eigenvalue weighted by Gasteiger charge is 2.60. The Morgan fingerprint density at radius 2 is 1.83 bits per heavy atom. The van der Waals surface area contributed by atoms with Gasteiger partial charge < -0.3 is 4.74 Å². The zero-order chi connectivity index (χ0) is 17.2. The van der Waals surface area contributed by atoms with Crippen molar-refractivity contribution in [3.63, 3.8) is 0 Å². The van der Waals surface area contributed by atoms with Gasteiger partial charge in [-0.2, -0.15) is 0 Å². The molecule has 0 aliphatic heterocycles. The molecule has 2 rings (SSSR count). The van der Waals surface area contributed by atoms with Gasteiger partial charge in [0.25, 0.3) is 5.91 Å². The number of methoxy groups -OCH3 is 1. The van der Waals surface area contributed by atoms with Crippen molar-refractivity contribution in [1.29, 1.82) is 0 Å². The average Bonchev–Trinajstić information content (AvgIpc) is 3.04. The molecular weight excluding hydrogens is 292 g/mol. The van der Waals surface area contributed by atoms with Crippen molar-refractivity contribution in [2.45, 2.75) is 27.7 Å². The monoisotopic (exact) mass is 316 g/mol. The SMILES string of the molecule is COc1ccccc1C(=O)NNC(=O)C1C(C=C(C)C)C1(C)C. The summed E-state index contributed by atoms with van der Waals surface area (Å²) in [6.07, 6.45) is 2.12. The highest BCUT2D eigenvalue weighted by atomic mass is 16.5. The molecule has 2 amide bonds. The summed E-state index contributed by atoms with van der Waals surface area (Å²) in [5, 5.41) is 0. The molecule has 0 aromatic heterocycles. The summed E-state index contributed by atoms with van der Waals surface area (Å²) >= 11 is 0. The molecule has 0 saturated heterocycles. The van der Waals surface area contributed by atoms with Gasteiger partial charge in [-0.3, -0.25) is 20.4 Å². The molecule has 1 saturated carbocycles. The second kappa shape index (κ2) is 6.44. The molecule has 1 aromatic carbocycles. The number of hydrazine groups is 1. The van der Waals surface area contributed by atoms with E-state index in [0.29, 0.717) is 11.3 Å². The van der Waals surface area contributed by atoms with Crippen molar-refractivity contribution in [3.8, 4) is 5.75 Å². The Kier molecular flexibility index (Phi) is 4.78. The Hall–Kier alpha value is -2.30. The van der Waals surface area contributed by atoms with Crippen LogP contribution in [0.25, 0.3) is 0 Å². The molecule has 1 aliphatic rings. The van der Waals surface area contributed by atoms with Crippen molar-refractivity contribution in [1.82, 2.24) is 10.9 Å². The number of hydrogen-bond acceptors (Lipinski definition) is 3. The third kappa shape index (κ3) is 3.55. The number of allylic oxidation sites excluding steroid dienone is 2. The zero-order valence-electron chi connectivity index (χ0n) is 14.3. The highest BCUT2D eigenvalue weighted by molar-refractivity contribution is 5.98. The van der Waals surface area contributed by atoms with Crippen molar-refractivity contribution in [2.24, 2.45) is 17.3 Å². The van der Waals surface area contributed by atoms with E-state index in [-0.39, 0.29) is 23.2 Å². The first-order valence-electron chi connectivity index (χ1n) is 7.67. The molecule has 0 bridgehead atoms. The van der Waals surface area contributed by atoms with Crippen LogP contribution in [0.5, 0.6) is 5.75 Å². The largest absolute Gasteiger partial charge is 0.496 e. The van der Waals surface area contributed by atoms with E-state index in [1.165, 1.54) is 12.7 Å². The third-order valence-electron chi connectivity index (χ3n) is 4.36. The fourth-order valence-corrected chi connectivity index (χ4v) is 2.94. The van der Waals surface area contributed by atoms with Crippen LogP contribution in [0.4, 0.5) is 0 Å². The van der Waals surface area contributed by atoms with Crippen molar-refractivity contribution in [3.05, 3.63) is 41.5 Å². The Bertz CT molecular complexity index is 645. The molecule has 23 heavy (non-hydrogen) atoms. The van der Waals surface area contributed by atoms with Crippen LogP contribution in [0, 0.1) is 17.3 Å². The second-order valence-electron chi connectivity index (χ2n) is 6.71. The number of hydrogen-bond donors (Lipinski definition) is 2. The molecule has 0 heterocycles. The number of carbonyl (C=O) groups excluding carboxylic acids is 2. The maximum Gasteiger partial charge on any atom is 0.273 e. The Labute approximate surface area is 137 Å². The van der Waals surface area contributed by atoms with Gasteiger partial charge in [-0.1, -0.05) is 37.6 Å². The van der Waals surface area contributed by atoms with Crippen LogP contribution in [0.15, 0.2) is 35.9 Å². The molecule has 1 fully saturated rings.